The number of anilines is 1. The van der Waals surface area contributed by atoms with Gasteiger partial charge < -0.3 is 9.88 Å². The normalized spacial score (nSPS) is 15.6. The second-order valence-corrected chi connectivity index (χ2v) is 10.7. The van der Waals surface area contributed by atoms with E-state index in [1.54, 1.807) is 29.1 Å². The average Bonchev–Trinajstić information content (AvgIpc) is 3.26. The van der Waals surface area contributed by atoms with Crippen LogP contribution in [0, 0.1) is 0 Å². The van der Waals surface area contributed by atoms with E-state index in [1.807, 2.05) is 49.5 Å². The van der Waals surface area contributed by atoms with Gasteiger partial charge >= 0.3 is 0 Å². The number of hydrogen-bond acceptors (Lipinski definition) is 6. The van der Waals surface area contributed by atoms with E-state index in [4.69, 9.17) is 0 Å². The fraction of sp³-hybridized carbons (Fsp3) is 0.458. The summed E-state index contributed by atoms with van der Waals surface area (Å²) >= 11 is 1.63. The number of nitrogens with zero attached hydrogens (tertiary/aromatic N) is 4. The van der Waals surface area contributed by atoms with Crippen molar-refractivity contribution in [1.82, 2.24) is 18.8 Å². The highest BCUT2D eigenvalue weighted by atomic mass is 32.2. The molecular formula is C24H33N5O3S2. The molecule has 4 rings (SSSR count). The fourth-order valence-corrected chi connectivity index (χ4v) is 6.08. The van der Waals surface area contributed by atoms with Crippen molar-refractivity contribution in [2.45, 2.75) is 34.2 Å². The topological polar surface area (TPSA) is 87.5 Å². The zero-order valence-electron chi connectivity index (χ0n) is 20.5. The highest BCUT2D eigenvalue weighted by Crippen LogP contribution is 2.34. The van der Waals surface area contributed by atoms with Crippen LogP contribution in [0.4, 0.5) is 5.82 Å². The number of rotatable bonds is 6. The van der Waals surface area contributed by atoms with E-state index < -0.39 is 11.0 Å². The summed E-state index contributed by atoms with van der Waals surface area (Å²) in [6, 6.07) is 5.71. The number of fused-ring (bicyclic) bond motifs is 1. The molecule has 3 aromatic heterocycles. The fourth-order valence-electron chi connectivity index (χ4n) is 3.93. The maximum atomic E-state index is 12.8. The van der Waals surface area contributed by atoms with E-state index in [2.05, 4.69) is 15.2 Å². The zero-order chi connectivity index (χ0) is 24.8. The molecule has 4 heterocycles. The zero-order valence-corrected chi connectivity index (χ0v) is 22.1. The van der Waals surface area contributed by atoms with Crippen LogP contribution in [0.5, 0.6) is 0 Å². The standard InChI is InChI=1S/C22H27N5O3S2.C2H6/c1-4-32(30)27-9-7-26(8-10-27)13-17-12-18-21(31-17)19(14-25(3)22(18)29)16-5-6-23-20(11-16)24-15(2)28;1-2/h5-6,11-12,14H,4,7-10,13H2,1-3H3,(H,23,24,28);1-2H3. The van der Waals surface area contributed by atoms with Crippen LogP contribution in [0.25, 0.3) is 21.2 Å². The molecule has 1 fully saturated rings. The van der Waals surface area contributed by atoms with Crippen LogP contribution >= 0.6 is 11.3 Å². The van der Waals surface area contributed by atoms with Crippen molar-refractivity contribution in [3.8, 4) is 11.1 Å². The minimum absolute atomic E-state index is 0.0226. The molecule has 1 amide bonds. The van der Waals surface area contributed by atoms with Crippen LogP contribution in [0.15, 0.2) is 35.4 Å². The first-order valence-corrected chi connectivity index (χ1v) is 13.7. The summed E-state index contributed by atoms with van der Waals surface area (Å²) in [5.74, 6) is 0.957. The van der Waals surface area contributed by atoms with Crippen LogP contribution in [-0.4, -0.2) is 60.8 Å². The second-order valence-electron chi connectivity index (χ2n) is 7.84. The molecule has 0 saturated carbocycles. The Morgan fingerprint density at radius 3 is 2.56 bits per heavy atom. The number of carbonyl (C=O) groups is 1. The first kappa shape index (κ1) is 26.2. The molecule has 1 saturated heterocycles. The number of carbonyl (C=O) groups excluding carboxylic acids is 1. The number of pyridine rings is 2. The molecule has 1 aliphatic rings. The molecule has 10 heteroatoms. The first-order valence-electron chi connectivity index (χ1n) is 11.6. The van der Waals surface area contributed by atoms with E-state index in [1.165, 1.54) is 6.92 Å². The molecule has 0 radical (unpaired) electrons. The molecule has 0 aromatic carbocycles. The quantitative estimate of drug-likeness (QED) is 0.557. The van der Waals surface area contributed by atoms with E-state index in [9.17, 15) is 13.8 Å². The molecular weight excluding hydrogens is 470 g/mol. The molecule has 1 atom stereocenters. The summed E-state index contributed by atoms with van der Waals surface area (Å²) in [5.41, 5.74) is 1.81. The van der Waals surface area contributed by atoms with E-state index >= 15 is 0 Å². The second kappa shape index (κ2) is 11.8. The molecule has 184 valence electrons. The molecule has 0 aliphatic carbocycles. The van der Waals surface area contributed by atoms with Crippen molar-refractivity contribution in [2.75, 3.05) is 37.2 Å². The predicted octanol–water partition coefficient (Wildman–Crippen LogP) is 3.45. The number of hydrogen-bond donors (Lipinski definition) is 1. The van der Waals surface area contributed by atoms with Gasteiger partial charge in [-0.05, 0) is 23.8 Å². The number of amides is 1. The van der Waals surface area contributed by atoms with Crippen LogP contribution in [0.1, 0.15) is 32.6 Å². The Labute approximate surface area is 207 Å². The van der Waals surface area contributed by atoms with Crippen molar-refractivity contribution in [3.63, 3.8) is 0 Å². The highest BCUT2D eigenvalue weighted by molar-refractivity contribution is 7.82. The number of aryl methyl sites for hydroxylation is 1. The third-order valence-electron chi connectivity index (χ3n) is 5.52. The van der Waals surface area contributed by atoms with E-state index in [0.29, 0.717) is 17.0 Å². The molecule has 8 nitrogen and oxygen atoms in total. The molecule has 0 spiro atoms. The smallest absolute Gasteiger partial charge is 0.259 e. The SMILES string of the molecule is CC.CCS(=O)N1CCN(Cc2cc3c(=O)n(C)cc(-c4ccnc(NC(C)=O)c4)c3s2)CC1. The minimum atomic E-state index is -0.889. The lowest BCUT2D eigenvalue weighted by molar-refractivity contribution is -0.114. The maximum absolute atomic E-state index is 12.8. The monoisotopic (exact) mass is 503 g/mol. The summed E-state index contributed by atoms with van der Waals surface area (Å²) in [6.45, 7) is 11.5. The van der Waals surface area contributed by atoms with Gasteiger partial charge in [-0.15, -0.1) is 11.3 Å². The molecule has 1 N–H and O–H groups in total. The Balaban J connectivity index is 0.00000158. The number of aromatic nitrogens is 2. The Kier molecular flexibility index (Phi) is 9.12. The van der Waals surface area contributed by atoms with Gasteiger partial charge in [0, 0.05) is 80.0 Å². The third kappa shape index (κ3) is 5.99. The van der Waals surface area contributed by atoms with Gasteiger partial charge in [0.1, 0.15) is 5.82 Å². The van der Waals surface area contributed by atoms with Gasteiger partial charge in [0.25, 0.3) is 5.56 Å². The molecule has 34 heavy (non-hydrogen) atoms. The lowest BCUT2D eigenvalue weighted by atomic mass is 10.1. The number of nitrogens with one attached hydrogen (secondary N) is 1. The summed E-state index contributed by atoms with van der Waals surface area (Å²) in [4.78, 5) is 31.9. The van der Waals surface area contributed by atoms with Crippen LogP contribution in [0.2, 0.25) is 0 Å². The maximum Gasteiger partial charge on any atom is 0.259 e. The molecule has 1 aliphatic heterocycles. The largest absolute Gasteiger partial charge is 0.317 e. The first-order chi connectivity index (χ1) is 16.4. The number of thiophene rings is 1. The van der Waals surface area contributed by atoms with Crippen LogP contribution in [0.3, 0.4) is 0 Å². The van der Waals surface area contributed by atoms with Crippen LogP contribution in [-0.2, 0) is 29.4 Å². The Morgan fingerprint density at radius 1 is 1.21 bits per heavy atom. The van der Waals surface area contributed by atoms with Gasteiger partial charge in [0.05, 0.1) is 16.4 Å². The lowest BCUT2D eigenvalue weighted by Crippen LogP contribution is -2.46. The summed E-state index contributed by atoms with van der Waals surface area (Å²) in [5, 5.41) is 3.42. The highest BCUT2D eigenvalue weighted by Gasteiger charge is 2.21. The number of piperazine rings is 1. The summed E-state index contributed by atoms with van der Waals surface area (Å²) in [6.07, 6.45) is 3.50. The van der Waals surface area contributed by atoms with Crippen molar-refractivity contribution in [1.29, 1.82) is 0 Å². The summed E-state index contributed by atoms with van der Waals surface area (Å²) in [7, 11) is 0.866. The average molecular weight is 504 g/mol. The van der Waals surface area contributed by atoms with E-state index in [0.717, 1.165) is 53.4 Å². The van der Waals surface area contributed by atoms with Crippen molar-refractivity contribution in [3.05, 3.63) is 45.8 Å². The minimum Gasteiger partial charge on any atom is -0.317 e. The van der Waals surface area contributed by atoms with E-state index in [-0.39, 0.29) is 11.5 Å². The van der Waals surface area contributed by atoms with Gasteiger partial charge in [-0.25, -0.2) is 13.5 Å². The third-order valence-corrected chi connectivity index (χ3v) is 8.11. The molecule has 1 unspecified atom stereocenters. The Morgan fingerprint density at radius 2 is 1.91 bits per heavy atom. The Hall–Kier alpha value is -2.40. The predicted molar refractivity (Wildman–Crippen MR) is 141 cm³/mol. The van der Waals surface area contributed by atoms with Gasteiger partial charge in [0.2, 0.25) is 5.91 Å². The Bertz CT molecular complexity index is 1230. The van der Waals surface area contributed by atoms with Crippen LogP contribution < -0.4 is 10.9 Å². The van der Waals surface area contributed by atoms with Crippen molar-refractivity contribution in [2.24, 2.45) is 7.05 Å². The lowest BCUT2D eigenvalue weighted by Gasteiger charge is -2.33. The van der Waals surface area contributed by atoms with Gasteiger partial charge in [-0.1, -0.05) is 20.8 Å². The molecule has 0 bridgehead atoms. The van der Waals surface area contributed by atoms with Gasteiger partial charge in [-0.3, -0.25) is 14.5 Å². The van der Waals surface area contributed by atoms with Crippen molar-refractivity contribution < 1.29 is 9.00 Å². The van der Waals surface area contributed by atoms with Gasteiger partial charge in [-0.2, -0.15) is 0 Å². The molecule has 3 aromatic rings. The van der Waals surface area contributed by atoms with Crippen molar-refractivity contribution >= 4 is 44.1 Å². The summed E-state index contributed by atoms with van der Waals surface area (Å²) < 4.78 is 16.6. The van der Waals surface area contributed by atoms with Gasteiger partial charge in [0.15, 0.2) is 0 Å².